The lowest BCUT2D eigenvalue weighted by Gasteiger charge is -2.40. The highest BCUT2D eigenvalue weighted by molar-refractivity contribution is 7.89. The first-order chi connectivity index (χ1) is 15.0. The van der Waals surface area contributed by atoms with E-state index in [1.807, 2.05) is 0 Å². The molecule has 3 fully saturated rings. The summed E-state index contributed by atoms with van der Waals surface area (Å²) in [4.78, 5) is 0. The molecule has 10 heteroatoms. The fourth-order valence-electron chi connectivity index (χ4n) is 5.71. The number of rotatable bonds is 7. The Hall–Kier alpha value is 0.240. The van der Waals surface area contributed by atoms with Gasteiger partial charge < -0.3 is 4.74 Å². The quantitative estimate of drug-likeness (QED) is 0.380. The predicted octanol–water partition coefficient (Wildman–Crippen LogP) is 6.10. The number of hydrogen-bond acceptors (Lipinski definition) is 3. The molecule has 0 radical (unpaired) electrons. The van der Waals surface area contributed by atoms with E-state index in [1.54, 1.807) is 6.92 Å². The second-order valence-corrected chi connectivity index (χ2v) is 12.9. The van der Waals surface area contributed by atoms with Gasteiger partial charge in [0.25, 0.3) is 0 Å². The second kappa shape index (κ2) is 11.3. The summed E-state index contributed by atoms with van der Waals surface area (Å²) in [5.74, 6) is -1.33. The van der Waals surface area contributed by atoms with Crippen molar-refractivity contribution >= 4 is 33.2 Å². The van der Waals surface area contributed by atoms with Crippen molar-refractivity contribution in [3.8, 4) is 0 Å². The fourth-order valence-corrected chi connectivity index (χ4v) is 8.68. The van der Waals surface area contributed by atoms with Crippen molar-refractivity contribution in [1.29, 1.82) is 0 Å². The maximum Gasteiger partial charge on any atom is 0.391 e. The molecule has 188 valence electrons. The minimum absolute atomic E-state index is 0.0207. The van der Waals surface area contributed by atoms with E-state index in [2.05, 4.69) is 0 Å². The lowest BCUT2D eigenvalue weighted by Crippen LogP contribution is -2.49. The molecule has 7 atom stereocenters. The summed E-state index contributed by atoms with van der Waals surface area (Å²) < 4.78 is 74.1. The van der Waals surface area contributed by atoms with Crippen molar-refractivity contribution in [2.75, 3.05) is 13.2 Å². The lowest BCUT2D eigenvalue weighted by molar-refractivity contribution is -0.181. The Kier molecular flexibility index (Phi) is 9.49. The summed E-state index contributed by atoms with van der Waals surface area (Å²) in [6.45, 7) is 2.56. The zero-order chi connectivity index (χ0) is 23.5. The van der Waals surface area contributed by atoms with Gasteiger partial charge in [-0.2, -0.15) is 17.5 Å². The van der Waals surface area contributed by atoms with Crippen LogP contribution in [0.25, 0.3) is 0 Å². The Balaban J connectivity index is 1.61. The third-order valence-corrected chi connectivity index (χ3v) is 11.3. The van der Waals surface area contributed by atoms with E-state index in [1.165, 1.54) is 4.31 Å². The van der Waals surface area contributed by atoms with Crippen molar-refractivity contribution in [3.63, 3.8) is 0 Å². The SMILES string of the molecule is CCN(C1CCCC(OCC2CCCC(Cl)C2Cl)C1)S(=O)(=O)C1CCCC(C(F)(F)F)C1. The molecular weight excluding hydrogens is 486 g/mol. The average Bonchev–Trinajstić information content (AvgIpc) is 2.75. The molecule has 0 heterocycles. The molecule has 0 aliphatic heterocycles. The van der Waals surface area contributed by atoms with Gasteiger partial charge in [0.05, 0.1) is 34.6 Å². The summed E-state index contributed by atoms with van der Waals surface area (Å²) >= 11 is 12.8. The van der Waals surface area contributed by atoms with Crippen LogP contribution in [0.2, 0.25) is 0 Å². The summed E-state index contributed by atoms with van der Waals surface area (Å²) in [5, 5.41) is -1.12. The molecule has 32 heavy (non-hydrogen) atoms. The molecule has 7 unspecified atom stereocenters. The molecule has 0 aromatic heterocycles. The van der Waals surface area contributed by atoms with Gasteiger partial charge in [0.1, 0.15) is 0 Å². The van der Waals surface area contributed by atoms with Crippen LogP contribution >= 0.6 is 23.2 Å². The van der Waals surface area contributed by atoms with E-state index in [0.717, 1.165) is 32.1 Å². The lowest BCUT2D eigenvalue weighted by atomic mass is 9.88. The van der Waals surface area contributed by atoms with Crippen molar-refractivity contribution in [2.24, 2.45) is 11.8 Å². The number of halogens is 5. The van der Waals surface area contributed by atoms with Gasteiger partial charge in [-0.05, 0) is 57.8 Å². The van der Waals surface area contributed by atoms with Crippen molar-refractivity contribution in [3.05, 3.63) is 0 Å². The number of hydrogen-bond donors (Lipinski definition) is 0. The van der Waals surface area contributed by atoms with E-state index in [0.29, 0.717) is 32.3 Å². The second-order valence-electron chi connectivity index (χ2n) is 9.70. The molecule has 3 aliphatic rings. The highest BCUT2D eigenvalue weighted by atomic mass is 35.5. The van der Waals surface area contributed by atoms with E-state index < -0.39 is 27.4 Å². The monoisotopic (exact) mass is 521 g/mol. The summed E-state index contributed by atoms with van der Waals surface area (Å²) in [7, 11) is -3.80. The van der Waals surface area contributed by atoms with Crippen molar-refractivity contribution in [1.82, 2.24) is 4.31 Å². The Labute approximate surface area is 200 Å². The molecule has 3 aliphatic carbocycles. The largest absolute Gasteiger partial charge is 0.391 e. The van der Waals surface area contributed by atoms with E-state index >= 15 is 0 Å². The van der Waals surface area contributed by atoms with Crippen LogP contribution in [0.1, 0.15) is 77.6 Å². The minimum atomic E-state index is -4.34. The fraction of sp³-hybridized carbons (Fsp3) is 1.00. The molecule has 0 saturated heterocycles. The Morgan fingerprint density at radius 1 is 0.969 bits per heavy atom. The van der Waals surface area contributed by atoms with Gasteiger partial charge in [0, 0.05) is 18.5 Å². The van der Waals surface area contributed by atoms with E-state index in [4.69, 9.17) is 27.9 Å². The molecule has 3 saturated carbocycles. The Morgan fingerprint density at radius 3 is 2.34 bits per heavy atom. The number of nitrogens with zero attached hydrogens (tertiary/aromatic N) is 1. The van der Waals surface area contributed by atoms with Crippen LogP contribution in [0.5, 0.6) is 0 Å². The number of ether oxygens (including phenoxy) is 1. The summed E-state index contributed by atoms with van der Waals surface area (Å²) in [5.41, 5.74) is 0. The molecule has 4 nitrogen and oxygen atoms in total. The van der Waals surface area contributed by atoms with Gasteiger partial charge in [-0.15, -0.1) is 23.2 Å². The molecule has 0 aromatic rings. The van der Waals surface area contributed by atoms with Gasteiger partial charge in [-0.3, -0.25) is 0 Å². The van der Waals surface area contributed by atoms with Crippen LogP contribution in [-0.2, 0) is 14.8 Å². The number of sulfonamides is 1. The van der Waals surface area contributed by atoms with Crippen LogP contribution in [0, 0.1) is 11.8 Å². The Morgan fingerprint density at radius 2 is 1.66 bits per heavy atom. The first-order valence-corrected chi connectivity index (χ1v) is 14.4. The van der Waals surface area contributed by atoms with Crippen LogP contribution < -0.4 is 0 Å². The highest BCUT2D eigenvalue weighted by Crippen LogP contribution is 2.41. The average molecular weight is 523 g/mol. The smallest absolute Gasteiger partial charge is 0.378 e. The third kappa shape index (κ3) is 6.46. The topological polar surface area (TPSA) is 46.6 Å². The zero-order valence-corrected chi connectivity index (χ0v) is 21.0. The van der Waals surface area contributed by atoms with Gasteiger partial charge in [-0.25, -0.2) is 8.42 Å². The maximum absolute atomic E-state index is 13.4. The molecule has 0 N–H and O–H groups in total. The van der Waals surface area contributed by atoms with Crippen LogP contribution in [0.15, 0.2) is 0 Å². The summed E-state index contributed by atoms with van der Waals surface area (Å²) in [6.07, 6.45) is 1.80. The zero-order valence-electron chi connectivity index (χ0n) is 18.7. The van der Waals surface area contributed by atoms with E-state index in [9.17, 15) is 21.6 Å². The molecule has 3 rings (SSSR count). The van der Waals surface area contributed by atoms with Gasteiger partial charge in [0.2, 0.25) is 10.0 Å². The first-order valence-electron chi connectivity index (χ1n) is 12.0. The van der Waals surface area contributed by atoms with Gasteiger partial charge in [-0.1, -0.05) is 19.8 Å². The minimum Gasteiger partial charge on any atom is -0.378 e. The summed E-state index contributed by atoms with van der Waals surface area (Å²) in [6, 6.07) is -0.228. The molecule has 0 amide bonds. The Bertz CT molecular complexity index is 709. The molecule has 0 bridgehead atoms. The highest BCUT2D eigenvalue weighted by Gasteiger charge is 2.47. The predicted molar refractivity (Wildman–Crippen MR) is 122 cm³/mol. The third-order valence-electron chi connectivity index (χ3n) is 7.55. The molecule has 0 aromatic carbocycles. The van der Waals surface area contributed by atoms with Crippen LogP contribution in [-0.4, -0.2) is 60.2 Å². The van der Waals surface area contributed by atoms with Crippen molar-refractivity contribution < 1.29 is 26.3 Å². The standard InChI is InChI=1S/C22H36Cl2F3NO3S/c1-2-28(32(29,30)19-10-4-7-16(12-19)22(25,26)27)17-8-5-9-18(13-17)31-14-15-6-3-11-20(23)21(15)24/h15-21H,2-14H2,1H3. The normalized spacial score (nSPS) is 37.5. The molecular formula is C22H36Cl2F3NO3S. The van der Waals surface area contributed by atoms with E-state index in [-0.39, 0.29) is 48.2 Å². The maximum atomic E-state index is 13.4. The molecule has 0 spiro atoms. The van der Waals surface area contributed by atoms with Gasteiger partial charge >= 0.3 is 6.18 Å². The van der Waals surface area contributed by atoms with Crippen molar-refractivity contribution in [2.45, 2.75) is 112 Å². The van der Waals surface area contributed by atoms with Gasteiger partial charge in [0.15, 0.2) is 0 Å². The first kappa shape index (κ1) is 26.8. The number of alkyl halides is 5. The van der Waals surface area contributed by atoms with Crippen LogP contribution in [0.3, 0.4) is 0 Å². The van der Waals surface area contributed by atoms with Crippen LogP contribution in [0.4, 0.5) is 13.2 Å².